The van der Waals surface area contributed by atoms with Crippen LogP contribution in [0.4, 0.5) is 0 Å². The molecule has 9 N–H and O–H groups in total. The number of hydrogen-bond donors (Lipinski definition) is 7. The van der Waals surface area contributed by atoms with Crippen LogP contribution < -0.4 is 27.4 Å². The average molecular weight is 437 g/mol. The van der Waals surface area contributed by atoms with Crippen LogP contribution in [0.1, 0.15) is 31.7 Å². The Morgan fingerprint density at radius 1 is 0.935 bits per heavy atom. The lowest BCUT2D eigenvalue weighted by Crippen LogP contribution is -2.56. The lowest BCUT2D eigenvalue weighted by Gasteiger charge is -2.23. The summed E-state index contributed by atoms with van der Waals surface area (Å²) in [5.41, 5.74) is 11.3. The predicted octanol–water partition coefficient (Wildman–Crippen LogP) is -1.42. The van der Waals surface area contributed by atoms with E-state index in [0.717, 1.165) is 0 Å². The second kappa shape index (κ2) is 13.2. The Morgan fingerprint density at radius 2 is 1.55 bits per heavy atom. The summed E-state index contributed by atoms with van der Waals surface area (Å²) in [4.78, 5) is 48.2. The van der Waals surface area contributed by atoms with E-state index in [1.807, 2.05) is 0 Å². The fourth-order valence-electron chi connectivity index (χ4n) is 2.76. The molecule has 0 aliphatic rings. The number of carboxylic acids is 1. The summed E-state index contributed by atoms with van der Waals surface area (Å²) >= 11 is 0. The Labute approximate surface area is 180 Å². The zero-order valence-corrected chi connectivity index (χ0v) is 17.5. The van der Waals surface area contributed by atoms with Crippen LogP contribution in [0.15, 0.2) is 24.3 Å². The summed E-state index contributed by atoms with van der Waals surface area (Å²) in [6.45, 7) is 1.55. The molecule has 3 amide bonds. The van der Waals surface area contributed by atoms with Gasteiger partial charge in [-0.3, -0.25) is 14.4 Å². The van der Waals surface area contributed by atoms with Crippen molar-refractivity contribution < 1.29 is 29.4 Å². The minimum Gasteiger partial charge on any atom is -0.508 e. The van der Waals surface area contributed by atoms with E-state index in [0.29, 0.717) is 24.9 Å². The zero-order chi connectivity index (χ0) is 23.4. The number of hydrogen-bond acceptors (Lipinski definition) is 7. The molecule has 1 rings (SSSR count). The molecule has 1 aromatic rings. The van der Waals surface area contributed by atoms with Gasteiger partial charge in [-0.15, -0.1) is 0 Å². The molecule has 0 bridgehead atoms. The Bertz CT molecular complexity index is 755. The number of nitrogens with two attached hydrogens (primary N) is 2. The van der Waals surface area contributed by atoms with Gasteiger partial charge in [0.15, 0.2) is 0 Å². The number of carbonyl (C=O) groups is 4. The van der Waals surface area contributed by atoms with Crippen molar-refractivity contribution in [3.05, 3.63) is 29.8 Å². The SMILES string of the molecule is CC(NC(=O)CN)C(=O)NC(Cc1ccc(O)cc1)C(=O)NC(CCCCN)C(=O)O. The maximum absolute atomic E-state index is 12.8. The minimum atomic E-state index is -1.19. The number of phenolic OH excluding ortho intramolecular Hbond substituents is 1. The summed E-state index contributed by atoms with van der Waals surface area (Å²) in [7, 11) is 0. The van der Waals surface area contributed by atoms with Gasteiger partial charge in [0.2, 0.25) is 17.7 Å². The van der Waals surface area contributed by atoms with E-state index in [4.69, 9.17) is 11.5 Å². The maximum Gasteiger partial charge on any atom is 0.326 e. The van der Waals surface area contributed by atoms with Gasteiger partial charge in [-0.2, -0.15) is 0 Å². The van der Waals surface area contributed by atoms with Gasteiger partial charge in [-0.1, -0.05) is 12.1 Å². The second-order valence-electron chi connectivity index (χ2n) is 7.11. The predicted molar refractivity (Wildman–Crippen MR) is 113 cm³/mol. The number of aliphatic carboxylic acids is 1. The van der Waals surface area contributed by atoms with Crippen LogP contribution in [-0.4, -0.2) is 65.1 Å². The van der Waals surface area contributed by atoms with Gasteiger partial charge < -0.3 is 37.6 Å². The van der Waals surface area contributed by atoms with Gasteiger partial charge in [0.05, 0.1) is 6.54 Å². The molecule has 3 atom stereocenters. The van der Waals surface area contributed by atoms with E-state index in [1.165, 1.54) is 19.1 Å². The summed E-state index contributed by atoms with van der Waals surface area (Å²) in [6.07, 6.45) is 1.38. The number of unbranched alkanes of at least 4 members (excludes halogenated alkanes) is 1. The fraction of sp³-hybridized carbons (Fsp3) is 0.500. The summed E-state index contributed by atoms with van der Waals surface area (Å²) in [6, 6.07) is 2.84. The van der Waals surface area contributed by atoms with E-state index < -0.39 is 41.8 Å². The average Bonchev–Trinajstić information content (AvgIpc) is 2.73. The van der Waals surface area contributed by atoms with Crippen molar-refractivity contribution in [1.29, 1.82) is 0 Å². The van der Waals surface area contributed by atoms with Crippen molar-refractivity contribution in [3.8, 4) is 5.75 Å². The van der Waals surface area contributed by atoms with Gasteiger partial charge in [-0.05, 0) is 50.4 Å². The molecular formula is C20H31N5O6. The van der Waals surface area contributed by atoms with Crippen molar-refractivity contribution in [1.82, 2.24) is 16.0 Å². The molecule has 1 aromatic carbocycles. The first-order valence-corrected chi connectivity index (χ1v) is 9.98. The number of rotatable bonds is 13. The van der Waals surface area contributed by atoms with Gasteiger partial charge in [-0.25, -0.2) is 4.79 Å². The fourth-order valence-corrected chi connectivity index (χ4v) is 2.76. The van der Waals surface area contributed by atoms with E-state index in [1.54, 1.807) is 12.1 Å². The van der Waals surface area contributed by atoms with E-state index in [2.05, 4.69) is 16.0 Å². The van der Waals surface area contributed by atoms with Gasteiger partial charge >= 0.3 is 5.97 Å². The smallest absolute Gasteiger partial charge is 0.326 e. The van der Waals surface area contributed by atoms with Crippen LogP contribution in [-0.2, 0) is 25.6 Å². The first kappa shape index (κ1) is 25.9. The number of aromatic hydroxyl groups is 1. The molecule has 0 saturated heterocycles. The van der Waals surface area contributed by atoms with Crippen molar-refractivity contribution in [2.75, 3.05) is 13.1 Å². The molecule has 0 aliphatic heterocycles. The Balaban J connectivity index is 2.94. The Hall–Kier alpha value is -3.18. The van der Waals surface area contributed by atoms with Crippen molar-refractivity contribution >= 4 is 23.7 Å². The Kier molecular flexibility index (Phi) is 11.0. The monoisotopic (exact) mass is 437 g/mol. The maximum atomic E-state index is 12.8. The third-order valence-electron chi connectivity index (χ3n) is 4.53. The third-order valence-corrected chi connectivity index (χ3v) is 4.53. The minimum absolute atomic E-state index is 0.0396. The van der Waals surface area contributed by atoms with Crippen LogP contribution >= 0.6 is 0 Å². The molecule has 172 valence electrons. The quantitative estimate of drug-likeness (QED) is 0.182. The van der Waals surface area contributed by atoms with Crippen molar-refractivity contribution in [2.45, 2.75) is 50.7 Å². The topological polar surface area (TPSA) is 197 Å². The Morgan fingerprint density at radius 3 is 2.10 bits per heavy atom. The molecule has 0 saturated carbocycles. The molecule has 0 aromatic heterocycles. The lowest BCUT2D eigenvalue weighted by atomic mass is 10.0. The molecular weight excluding hydrogens is 406 g/mol. The highest BCUT2D eigenvalue weighted by Gasteiger charge is 2.28. The zero-order valence-electron chi connectivity index (χ0n) is 17.5. The largest absolute Gasteiger partial charge is 0.508 e. The molecule has 11 heteroatoms. The molecule has 0 heterocycles. The molecule has 31 heavy (non-hydrogen) atoms. The normalized spacial score (nSPS) is 13.5. The van der Waals surface area contributed by atoms with E-state index in [-0.39, 0.29) is 25.1 Å². The number of amides is 3. The molecule has 11 nitrogen and oxygen atoms in total. The van der Waals surface area contributed by atoms with Crippen LogP contribution in [0.25, 0.3) is 0 Å². The van der Waals surface area contributed by atoms with Crippen LogP contribution in [0.2, 0.25) is 0 Å². The number of carbonyl (C=O) groups excluding carboxylic acids is 3. The van der Waals surface area contributed by atoms with E-state index >= 15 is 0 Å². The molecule has 0 spiro atoms. The number of benzene rings is 1. The highest BCUT2D eigenvalue weighted by atomic mass is 16.4. The summed E-state index contributed by atoms with van der Waals surface area (Å²) in [5, 5.41) is 26.2. The third kappa shape index (κ3) is 9.45. The number of phenols is 1. The molecule has 0 fully saturated rings. The summed E-state index contributed by atoms with van der Waals surface area (Å²) < 4.78 is 0. The first-order chi connectivity index (χ1) is 14.7. The first-order valence-electron chi connectivity index (χ1n) is 9.98. The van der Waals surface area contributed by atoms with Crippen LogP contribution in [0.3, 0.4) is 0 Å². The van der Waals surface area contributed by atoms with E-state index in [9.17, 15) is 29.4 Å². The van der Waals surface area contributed by atoms with Crippen molar-refractivity contribution in [3.63, 3.8) is 0 Å². The number of carboxylic acid groups (broad SMARTS) is 1. The molecule has 3 unspecified atom stereocenters. The van der Waals surface area contributed by atoms with Gasteiger partial charge in [0.25, 0.3) is 0 Å². The number of nitrogens with one attached hydrogen (secondary N) is 3. The van der Waals surface area contributed by atoms with Crippen LogP contribution in [0.5, 0.6) is 5.75 Å². The van der Waals surface area contributed by atoms with Gasteiger partial charge in [0, 0.05) is 6.42 Å². The van der Waals surface area contributed by atoms with Crippen molar-refractivity contribution in [2.24, 2.45) is 11.5 Å². The summed E-state index contributed by atoms with van der Waals surface area (Å²) in [5.74, 6) is -3.00. The standard InChI is InChI=1S/C20H31N5O6/c1-12(23-17(27)11-22)18(28)25-16(10-13-5-7-14(26)8-6-13)19(29)24-15(20(30)31)4-2-3-9-21/h5-8,12,15-16,26H,2-4,9-11,21-22H2,1H3,(H,23,27)(H,24,29)(H,25,28)(H,30,31). The molecule has 0 radical (unpaired) electrons. The van der Waals surface area contributed by atoms with Gasteiger partial charge in [0.1, 0.15) is 23.9 Å². The molecule has 0 aliphatic carbocycles. The lowest BCUT2D eigenvalue weighted by molar-refractivity contribution is -0.142. The van der Waals surface area contributed by atoms with Crippen LogP contribution in [0, 0.1) is 0 Å². The second-order valence-corrected chi connectivity index (χ2v) is 7.11. The highest BCUT2D eigenvalue weighted by molar-refractivity contribution is 5.93. The highest BCUT2D eigenvalue weighted by Crippen LogP contribution is 2.12.